The van der Waals surface area contributed by atoms with Gasteiger partial charge in [-0.25, -0.2) is 4.68 Å². The molecule has 0 saturated heterocycles. The van der Waals surface area contributed by atoms with E-state index >= 15 is 0 Å². The zero-order chi connectivity index (χ0) is 25.1. The lowest BCUT2D eigenvalue weighted by Crippen LogP contribution is -2.55. The molecule has 1 aromatic rings. The molecule has 5 saturated carbocycles. The van der Waals surface area contributed by atoms with Gasteiger partial charge in [0.2, 0.25) is 11.8 Å². The molecular formula is C28H43N5O3. The van der Waals surface area contributed by atoms with Crippen molar-refractivity contribution in [2.75, 3.05) is 19.7 Å². The van der Waals surface area contributed by atoms with Crippen LogP contribution in [-0.2, 0) is 4.79 Å². The standard InChI is InChI=1S/C28H43N5O3/c1-18(26(34)30-9-8-29)7-10-33-28(36-17-19-5-3-2-4-6-19)24(16-31-33)27(35)32-25-22-12-20-11-21(14-22)15-23(25)13-20/h7,10,16,18-23,25H,2-6,8-9,11-15,17,29H2,1H3,(H,30,34)(H,32,35)/b10-7+. The van der Waals surface area contributed by atoms with E-state index in [1.54, 1.807) is 23.2 Å². The average Bonchev–Trinajstić information content (AvgIpc) is 3.29. The first-order chi connectivity index (χ1) is 17.5. The van der Waals surface area contributed by atoms with Gasteiger partial charge in [-0.2, -0.15) is 5.10 Å². The number of carbonyl (C=O) groups excluding carboxylic acids is 2. The van der Waals surface area contributed by atoms with Crippen LogP contribution in [0.15, 0.2) is 12.3 Å². The summed E-state index contributed by atoms with van der Waals surface area (Å²) in [6.07, 6.45) is 17.7. The first kappa shape index (κ1) is 25.3. The van der Waals surface area contributed by atoms with E-state index < -0.39 is 0 Å². The van der Waals surface area contributed by atoms with Gasteiger partial charge in [0.1, 0.15) is 5.56 Å². The van der Waals surface area contributed by atoms with Crippen molar-refractivity contribution < 1.29 is 14.3 Å². The maximum absolute atomic E-state index is 13.5. The number of hydrogen-bond acceptors (Lipinski definition) is 5. The summed E-state index contributed by atoms with van der Waals surface area (Å²) >= 11 is 0. The summed E-state index contributed by atoms with van der Waals surface area (Å²) in [5.74, 6) is 3.42. The summed E-state index contributed by atoms with van der Waals surface area (Å²) in [7, 11) is 0. The van der Waals surface area contributed by atoms with Crippen LogP contribution in [0.2, 0.25) is 0 Å². The Morgan fingerprint density at radius 2 is 1.83 bits per heavy atom. The molecule has 4 N–H and O–H groups in total. The molecule has 0 aliphatic heterocycles. The fraction of sp³-hybridized carbons (Fsp3) is 0.750. The van der Waals surface area contributed by atoms with Crippen LogP contribution in [0.4, 0.5) is 0 Å². The number of nitrogens with one attached hydrogen (secondary N) is 2. The van der Waals surface area contributed by atoms with Gasteiger partial charge in [0.05, 0.1) is 18.7 Å². The fourth-order valence-corrected chi connectivity index (χ4v) is 7.35. The number of ether oxygens (including phenoxy) is 1. The minimum atomic E-state index is -0.350. The molecule has 5 aliphatic rings. The first-order valence-electron chi connectivity index (χ1n) is 14.2. The number of nitrogens with zero attached hydrogens (tertiary/aromatic N) is 2. The highest BCUT2D eigenvalue weighted by Gasteiger charge is 2.48. The molecule has 1 atom stereocenters. The predicted octanol–water partition coefficient (Wildman–Crippen LogP) is 3.58. The van der Waals surface area contributed by atoms with Gasteiger partial charge < -0.3 is 21.1 Å². The fourth-order valence-electron chi connectivity index (χ4n) is 7.35. The summed E-state index contributed by atoms with van der Waals surface area (Å²) < 4.78 is 7.92. The number of carbonyl (C=O) groups is 2. The van der Waals surface area contributed by atoms with E-state index in [-0.39, 0.29) is 23.8 Å². The van der Waals surface area contributed by atoms with Gasteiger partial charge in [-0.1, -0.05) is 32.3 Å². The molecule has 2 amide bonds. The van der Waals surface area contributed by atoms with Crippen molar-refractivity contribution in [3.8, 4) is 5.88 Å². The highest BCUT2D eigenvalue weighted by molar-refractivity contribution is 5.96. The third-order valence-electron chi connectivity index (χ3n) is 9.07. The van der Waals surface area contributed by atoms with Crippen molar-refractivity contribution in [1.82, 2.24) is 20.4 Å². The highest BCUT2D eigenvalue weighted by atomic mass is 16.5. The van der Waals surface area contributed by atoms with E-state index in [2.05, 4.69) is 15.7 Å². The second-order valence-corrected chi connectivity index (χ2v) is 11.8. The molecule has 8 heteroatoms. The number of aromatic nitrogens is 2. The summed E-state index contributed by atoms with van der Waals surface area (Å²) in [5.41, 5.74) is 5.98. The van der Waals surface area contributed by atoms with Crippen molar-refractivity contribution >= 4 is 18.0 Å². The van der Waals surface area contributed by atoms with E-state index in [9.17, 15) is 9.59 Å². The van der Waals surface area contributed by atoms with Crippen molar-refractivity contribution in [2.24, 2.45) is 41.2 Å². The van der Waals surface area contributed by atoms with Crippen molar-refractivity contribution in [1.29, 1.82) is 0 Å². The van der Waals surface area contributed by atoms with Gasteiger partial charge in [0.15, 0.2) is 0 Å². The van der Waals surface area contributed by atoms with Crippen LogP contribution in [0.25, 0.3) is 6.20 Å². The summed E-state index contributed by atoms with van der Waals surface area (Å²) in [6.45, 7) is 3.27. The number of rotatable bonds is 10. The molecule has 8 nitrogen and oxygen atoms in total. The molecule has 5 aliphatic carbocycles. The first-order valence-corrected chi connectivity index (χ1v) is 14.2. The Morgan fingerprint density at radius 1 is 1.14 bits per heavy atom. The Hall–Kier alpha value is -2.35. The minimum absolute atomic E-state index is 0.0838. The maximum atomic E-state index is 13.5. The molecule has 1 heterocycles. The van der Waals surface area contributed by atoms with E-state index in [0.717, 1.165) is 24.7 Å². The Bertz CT molecular complexity index is 923. The molecular weight excluding hydrogens is 454 g/mol. The van der Waals surface area contributed by atoms with Crippen molar-refractivity contribution in [2.45, 2.75) is 77.2 Å². The monoisotopic (exact) mass is 497 g/mol. The Kier molecular flexibility index (Phi) is 7.99. The Labute approximate surface area is 214 Å². The smallest absolute Gasteiger partial charge is 0.258 e. The molecule has 1 unspecified atom stereocenters. The zero-order valence-corrected chi connectivity index (χ0v) is 21.7. The van der Waals surface area contributed by atoms with Gasteiger partial charge >= 0.3 is 0 Å². The summed E-state index contributed by atoms with van der Waals surface area (Å²) in [5, 5.41) is 10.7. The van der Waals surface area contributed by atoms with Gasteiger partial charge in [-0.05, 0) is 74.5 Å². The normalized spacial score (nSPS) is 30.4. The van der Waals surface area contributed by atoms with E-state index in [1.165, 1.54) is 51.4 Å². The molecule has 0 radical (unpaired) electrons. The average molecular weight is 498 g/mol. The largest absolute Gasteiger partial charge is 0.477 e. The molecule has 5 fully saturated rings. The topological polar surface area (TPSA) is 111 Å². The third-order valence-corrected chi connectivity index (χ3v) is 9.07. The highest BCUT2D eigenvalue weighted by Crippen LogP contribution is 2.53. The summed E-state index contributed by atoms with van der Waals surface area (Å²) in [4.78, 5) is 25.8. The van der Waals surface area contributed by atoms with Crippen molar-refractivity contribution in [3.05, 3.63) is 17.8 Å². The van der Waals surface area contributed by atoms with E-state index in [4.69, 9.17) is 10.5 Å². The van der Waals surface area contributed by atoms with Crippen LogP contribution in [0.3, 0.4) is 0 Å². The Morgan fingerprint density at radius 3 is 2.50 bits per heavy atom. The number of amides is 2. The minimum Gasteiger partial charge on any atom is -0.477 e. The second-order valence-electron chi connectivity index (χ2n) is 11.8. The van der Waals surface area contributed by atoms with Crippen LogP contribution in [0.5, 0.6) is 5.88 Å². The summed E-state index contributed by atoms with van der Waals surface area (Å²) in [6, 6.07) is 0.265. The van der Waals surface area contributed by atoms with E-state index in [1.807, 2.05) is 6.92 Å². The zero-order valence-electron chi connectivity index (χ0n) is 21.7. The lowest BCUT2D eigenvalue weighted by molar-refractivity contribution is -0.123. The van der Waals surface area contributed by atoms with Crippen LogP contribution in [-0.4, -0.2) is 47.3 Å². The quantitative estimate of drug-likeness (QED) is 0.458. The van der Waals surface area contributed by atoms with Crippen LogP contribution >= 0.6 is 0 Å². The lowest BCUT2D eigenvalue weighted by Gasteiger charge is -2.54. The predicted molar refractivity (Wildman–Crippen MR) is 139 cm³/mol. The van der Waals surface area contributed by atoms with Crippen LogP contribution in [0.1, 0.15) is 81.5 Å². The van der Waals surface area contributed by atoms with Crippen LogP contribution < -0.4 is 21.1 Å². The maximum Gasteiger partial charge on any atom is 0.258 e. The molecule has 6 rings (SSSR count). The van der Waals surface area contributed by atoms with Gasteiger partial charge in [-0.15, -0.1) is 0 Å². The lowest BCUT2D eigenvalue weighted by atomic mass is 9.54. The van der Waals surface area contributed by atoms with Gasteiger partial charge in [-0.3, -0.25) is 9.59 Å². The second kappa shape index (κ2) is 11.4. The van der Waals surface area contributed by atoms with E-state index in [0.29, 0.717) is 48.9 Å². The molecule has 0 spiro atoms. The molecule has 1 aromatic heterocycles. The Balaban J connectivity index is 1.30. The molecule has 0 aromatic carbocycles. The SMILES string of the molecule is CC(/C=C/n1ncc(C(=O)NC2C3CC4CC(C3)CC2C4)c1OCC1CCCCC1)C(=O)NCCN. The number of nitrogens with two attached hydrogens (primary N) is 1. The molecule has 4 bridgehead atoms. The number of hydrogen-bond donors (Lipinski definition) is 3. The van der Waals surface area contributed by atoms with Gasteiger partial charge in [0, 0.05) is 25.3 Å². The molecule has 36 heavy (non-hydrogen) atoms. The molecule has 198 valence electrons. The van der Waals surface area contributed by atoms with Crippen molar-refractivity contribution in [3.63, 3.8) is 0 Å². The van der Waals surface area contributed by atoms with Gasteiger partial charge in [0.25, 0.3) is 5.91 Å². The third kappa shape index (κ3) is 5.63. The van der Waals surface area contributed by atoms with Crippen LogP contribution in [0, 0.1) is 35.5 Å².